The predicted molar refractivity (Wildman–Crippen MR) is 132 cm³/mol. The highest BCUT2D eigenvalue weighted by molar-refractivity contribution is 5.89. The Morgan fingerprint density at radius 3 is 2.60 bits per heavy atom. The number of nitrogens with zero attached hydrogens (tertiary/aromatic N) is 2. The zero-order chi connectivity index (χ0) is 25.4. The van der Waals surface area contributed by atoms with Crippen LogP contribution in [0.15, 0.2) is 48.8 Å². The first-order valence-electron chi connectivity index (χ1n) is 11.7. The summed E-state index contributed by atoms with van der Waals surface area (Å²) in [6, 6.07) is 10.4. The van der Waals surface area contributed by atoms with Gasteiger partial charge in [0.15, 0.2) is 0 Å². The third kappa shape index (κ3) is 7.84. The summed E-state index contributed by atoms with van der Waals surface area (Å²) in [7, 11) is 0. The first kappa shape index (κ1) is 25.7. The van der Waals surface area contributed by atoms with Gasteiger partial charge in [-0.25, -0.2) is 14.6 Å². The summed E-state index contributed by atoms with van der Waals surface area (Å²) in [6.45, 7) is 6.30. The number of rotatable bonds is 10. The first-order chi connectivity index (χ1) is 16.6. The molecule has 0 unspecified atom stereocenters. The maximum Gasteiger partial charge on any atom is 0.407 e. The van der Waals surface area contributed by atoms with Gasteiger partial charge in [0.05, 0.1) is 11.3 Å². The van der Waals surface area contributed by atoms with Crippen molar-refractivity contribution in [3.05, 3.63) is 59.9 Å². The number of carbonyl (C=O) groups is 3. The fraction of sp³-hybridized carbons (Fsp3) is 0.385. The number of ether oxygens (including phenoxy) is 1. The molecule has 9 heteroatoms. The van der Waals surface area contributed by atoms with E-state index in [1.165, 1.54) is 0 Å². The lowest BCUT2D eigenvalue weighted by Gasteiger charge is -2.19. The summed E-state index contributed by atoms with van der Waals surface area (Å²) in [5.74, 6) is -1.04. The van der Waals surface area contributed by atoms with E-state index < -0.39 is 17.7 Å². The molecular weight excluding hydrogens is 448 g/mol. The summed E-state index contributed by atoms with van der Waals surface area (Å²) in [5.41, 5.74) is 2.62. The van der Waals surface area contributed by atoms with Crippen LogP contribution in [0, 0.1) is 0 Å². The fourth-order valence-corrected chi connectivity index (χ4v) is 3.53. The maximum atomic E-state index is 12.3. The van der Waals surface area contributed by atoms with E-state index in [0.29, 0.717) is 36.4 Å². The second-order valence-corrected chi connectivity index (χ2v) is 9.29. The van der Waals surface area contributed by atoms with Gasteiger partial charge in [-0.3, -0.25) is 4.79 Å². The minimum atomic E-state index is -0.988. The maximum absolute atomic E-state index is 12.3. The summed E-state index contributed by atoms with van der Waals surface area (Å²) < 4.78 is 7.05. The van der Waals surface area contributed by atoms with Gasteiger partial charge in [-0.2, -0.15) is 0 Å². The van der Waals surface area contributed by atoms with E-state index >= 15 is 0 Å². The molecule has 1 aromatic carbocycles. The van der Waals surface area contributed by atoms with E-state index in [1.54, 1.807) is 18.2 Å². The van der Waals surface area contributed by atoms with Gasteiger partial charge in [0.1, 0.15) is 11.2 Å². The smallest absolute Gasteiger partial charge is 0.407 e. The average molecular weight is 481 g/mol. The Bertz CT molecular complexity index is 1200. The molecule has 0 saturated heterocycles. The van der Waals surface area contributed by atoms with Crippen LogP contribution in [0.25, 0.3) is 16.9 Å². The molecule has 35 heavy (non-hydrogen) atoms. The Morgan fingerprint density at radius 1 is 1.06 bits per heavy atom. The topological polar surface area (TPSA) is 122 Å². The summed E-state index contributed by atoms with van der Waals surface area (Å²) in [5, 5.41) is 14.9. The van der Waals surface area contributed by atoms with Gasteiger partial charge in [-0.05, 0) is 51.8 Å². The van der Waals surface area contributed by atoms with E-state index in [1.807, 2.05) is 55.8 Å². The molecule has 3 aromatic rings. The lowest BCUT2D eigenvalue weighted by atomic mass is 10.1. The molecule has 3 rings (SSSR count). The fourth-order valence-electron chi connectivity index (χ4n) is 3.53. The number of aromatic carboxylic acids is 1. The van der Waals surface area contributed by atoms with Crippen molar-refractivity contribution in [2.45, 2.75) is 58.6 Å². The SMILES string of the molecule is CC(C)(C)OC(=O)NCCCCCC(=O)NCc1cccn2cc(-c3cccc(C(=O)O)c3)nc12. The molecule has 0 bridgehead atoms. The molecule has 0 fully saturated rings. The number of aromatic nitrogens is 2. The van der Waals surface area contributed by atoms with Crippen molar-refractivity contribution >= 4 is 23.6 Å². The monoisotopic (exact) mass is 480 g/mol. The van der Waals surface area contributed by atoms with Crippen molar-refractivity contribution in [3.8, 4) is 11.3 Å². The number of pyridine rings is 1. The molecule has 0 aliphatic rings. The molecule has 2 heterocycles. The van der Waals surface area contributed by atoms with E-state index in [4.69, 9.17) is 4.74 Å². The number of benzene rings is 1. The number of amides is 2. The molecule has 3 N–H and O–H groups in total. The highest BCUT2D eigenvalue weighted by atomic mass is 16.6. The van der Waals surface area contributed by atoms with Crippen LogP contribution in [0.2, 0.25) is 0 Å². The van der Waals surface area contributed by atoms with Crippen molar-refractivity contribution in [3.63, 3.8) is 0 Å². The van der Waals surface area contributed by atoms with Crippen molar-refractivity contribution in [1.29, 1.82) is 0 Å². The first-order valence-corrected chi connectivity index (χ1v) is 11.7. The van der Waals surface area contributed by atoms with Gasteiger partial charge in [0, 0.05) is 43.0 Å². The molecule has 0 aliphatic heterocycles. The van der Waals surface area contributed by atoms with Crippen molar-refractivity contribution in [2.75, 3.05) is 6.54 Å². The van der Waals surface area contributed by atoms with Crippen LogP contribution in [-0.4, -0.2) is 44.6 Å². The number of carboxylic acid groups (broad SMARTS) is 1. The number of fused-ring (bicyclic) bond motifs is 1. The average Bonchev–Trinajstić information content (AvgIpc) is 3.24. The van der Waals surface area contributed by atoms with Crippen LogP contribution in [0.5, 0.6) is 0 Å². The van der Waals surface area contributed by atoms with Crippen LogP contribution >= 0.6 is 0 Å². The molecule has 2 amide bonds. The van der Waals surface area contributed by atoms with E-state index in [-0.39, 0.29) is 11.5 Å². The largest absolute Gasteiger partial charge is 0.478 e. The lowest BCUT2D eigenvalue weighted by molar-refractivity contribution is -0.121. The Kier molecular flexibility index (Phi) is 8.46. The van der Waals surface area contributed by atoms with E-state index in [9.17, 15) is 19.5 Å². The van der Waals surface area contributed by atoms with Gasteiger partial charge in [0.25, 0.3) is 0 Å². The van der Waals surface area contributed by atoms with Crippen LogP contribution in [0.4, 0.5) is 4.79 Å². The molecule has 0 saturated carbocycles. The minimum absolute atomic E-state index is 0.0481. The Labute approximate surface area is 204 Å². The normalized spacial score (nSPS) is 11.3. The van der Waals surface area contributed by atoms with Crippen LogP contribution < -0.4 is 10.6 Å². The Balaban J connectivity index is 1.47. The number of hydrogen-bond acceptors (Lipinski definition) is 5. The molecule has 9 nitrogen and oxygen atoms in total. The van der Waals surface area contributed by atoms with Gasteiger partial charge >= 0.3 is 12.1 Å². The molecule has 0 radical (unpaired) electrons. The standard InChI is InChI=1S/C26H32N4O5/c1-26(2,3)35-25(34)27-13-6-4-5-12-22(31)28-16-20-11-8-14-30-17-21(29-23(20)30)18-9-7-10-19(15-18)24(32)33/h7-11,14-15,17H,4-6,12-13,16H2,1-3H3,(H,27,34)(H,28,31)(H,32,33). The molecule has 186 valence electrons. The molecule has 0 spiro atoms. The third-order valence-electron chi connectivity index (χ3n) is 5.19. The Morgan fingerprint density at radius 2 is 1.86 bits per heavy atom. The Hall–Kier alpha value is -3.88. The lowest BCUT2D eigenvalue weighted by Crippen LogP contribution is -2.33. The predicted octanol–water partition coefficient (Wildman–Crippen LogP) is 4.40. The van der Waals surface area contributed by atoms with E-state index in [2.05, 4.69) is 15.6 Å². The second kappa shape index (κ2) is 11.5. The van der Waals surface area contributed by atoms with Gasteiger partial charge in [-0.15, -0.1) is 0 Å². The third-order valence-corrected chi connectivity index (χ3v) is 5.19. The summed E-state index contributed by atoms with van der Waals surface area (Å²) >= 11 is 0. The van der Waals surface area contributed by atoms with Crippen molar-refractivity contribution < 1.29 is 24.2 Å². The number of imidazole rings is 1. The zero-order valence-corrected chi connectivity index (χ0v) is 20.3. The number of unbranched alkanes of at least 4 members (excludes halogenated alkanes) is 2. The highest BCUT2D eigenvalue weighted by Gasteiger charge is 2.15. The quantitative estimate of drug-likeness (QED) is 0.370. The molecule has 0 aliphatic carbocycles. The summed E-state index contributed by atoms with van der Waals surface area (Å²) in [4.78, 5) is 39.8. The van der Waals surface area contributed by atoms with Crippen molar-refractivity contribution in [2.24, 2.45) is 0 Å². The van der Waals surface area contributed by atoms with Crippen LogP contribution in [0.1, 0.15) is 62.4 Å². The van der Waals surface area contributed by atoms with Gasteiger partial charge < -0.3 is 24.9 Å². The van der Waals surface area contributed by atoms with Crippen LogP contribution in [-0.2, 0) is 16.1 Å². The number of alkyl carbamates (subject to hydrolysis) is 1. The van der Waals surface area contributed by atoms with Crippen molar-refractivity contribution in [1.82, 2.24) is 20.0 Å². The number of carboxylic acids is 1. The number of carbonyl (C=O) groups excluding carboxylic acids is 2. The molecule has 0 atom stereocenters. The summed E-state index contributed by atoms with van der Waals surface area (Å²) in [6.07, 6.45) is 5.98. The number of nitrogens with one attached hydrogen (secondary N) is 2. The zero-order valence-electron chi connectivity index (χ0n) is 20.3. The minimum Gasteiger partial charge on any atom is -0.478 e. The number of hydrogen-bond donors (Lipinski definition) is 3. The second-order valence-electron chi connectivity index (χ2n) is 9.29. The van der Waals surface area contributed by atoms with Crippen LogP contribution in [0.3, 0.4) is 0 Å². The van der Waals surface area contributed by atoms with Gasteiger partial charge in [0.2, 0.25) is 5.91 Å². The van der Waals surface area contributed by atoms with E-state index in [0.717, 1.165) is 24.8 Å². The van der Waals surface area contributed by atoms with Gasteiger partial charge in [-0.1, -0.05) is 24.6 Å². The molecular formula is C26H32N4O5. The molecule has 2 aromatic heterocycles. The highest BCUT2D eigenvalue weighted by Crippen LogP contribution is 2.22.